The lowest BCUT2D eigenvalue weighted by atomic mass is 10.0. The molecule has 0 N–H and O–H groups in total. The van der Waals surface area contributed by atoms with E-state index in [1.165, 1.54) is 32.0 Å². The minimum Gasteiger partial charge on any atom is -0.492 e. The van der Waals surface area contributed by atoms with Crippen LogP contribution >= 0.6 is 11.3 Å². The van der Waals surface area contributed by atoms with Crippen LogP contribution < -0.4 is 9.64 Å². The third-order valence-corrected chi connectivity index (χ3v) is 9.49. The molecular weight excluding hydrogens is 583 g/mol. The molecule has 226 valence electrons. The second kappa shape index (κ2) is 13.3. The highest BCUT2D eigenvalue weighted by atomic mass is 32.1. The summed E-state index contributed by atoms with van der Waals surface area (Å²) in [4.78, 5) is 9.37. The average molecular weight is 618 g/mol. The fourth-order valence-corrected chi connectivity index (χ4v) is 6.95. The number of rotatable bonds is 10. The van der Waals surface area contributed by atoms with Crippen molar-refractivity contribution >= 4 is 17.0 Å². The zero-order valence-corrected chi connectivity index (χ0v) is 26.8. The minimum atomic E-state index is 0.585. The maximum Gasteiger partial charge on any atom is 0.119 e. The number of nitrogens with zero attached hydrogens (tertiary/aromatic N) is 3. The first-order valence-electron chi connectivity index (χ1n) is 15.5. The first-order chi connectivity index (χ1) is 22.6. The van der Waals surface area contributed by atoms with Gasteiger partial charge >= 0.3 is 0 Å². The number of benzene rings is 5. The Morgan fingerprint density at radius 2 is 1.28 bits per heavy atom. The molecule has 0 spiro atoms. The first kappa shape index (κ1) is 29.3. The highest BCUT2D eigenvalue weighted by molar-refractivity contribution is 7.19. The Kier molecular flexibility index (Phi) is 8.49. The SMILES string of the molecule is Cc1ncn(-c2ccccc2)c1-c1ccc(OCCN(C)c2ccc(-c3cc(-c4ccccc4)sc3-c3ccccc3)cc2)cc1. The largest absolute Gasteiger partial charge is 0.492 e. The van der Waals surface area contributed by atoms with E-state index in [1.807, 2.05) is 54.9 Å². The number of aryl methyl sites for hydroxylation is 1. The van der Waals surface area contributed by atoms with Crippen LogP contribution in [0.1, 0.15) is 5.69 Å². The molecule has 0 atom stereocenters. The van der Waals surface area contributed by atoms with Crippen molar-refractivity contribution in [3.8, 4) is 54.7 Å². The molecule has 0 amide bonds. The molecule has 0 bridgehead atoms. The summed E-state index contributed by atoms with van der Waals surface area (Å²) in [5.74, 6) is 0.857. The minimum absolute atomic E-state index is 0.585. The molecule has 0 aliphatic rings. The fourth-order valence-electron chi connectivity index (χ4n) is 5.76. The molecule has 5 aromatic carbocycles. The molecule has 0 radical (unpaired) electrons. The van der Waals surface area contributed by atoms with Crippen LogP contribution in [0, 0.1) is 6.92 Å². The fraction of sp³-hybridized carbons (Fsp3) is 0.0976. The van der Waals surface area contributed by atoms with E-state index in [4.69, 9.17) is 4.74 Å². The third-order valence-electron chi connectivity index (χ3n) is 8.25. The summed E-state index contributed by atoms with van der Waals surface area (Å²) < 4.78 is 8.29. The van der Waals surface area contributed by atoms with E-state index in [1.54, 1.807) is 0 Å². The quantitative estimate of drug-likeness (QED) is 0.153. The van der Waals surface area contributed by atoms with Crippen molar-refractivity contribution in [2.45, 2.75) is 6.92 Å². The van der Waals surface area contributed by atoms with Crippen LogP contribution in [0.3, 0.4) is 0 Å². The van der Waals surface area contributed by atoms with Gasteiger partial charge in [-0.15, -0.1) is 11.3 Å². The summed E-state index contributed by atoms with van der Waals surface area (Å²) >= 11 is 1.85. The molecule has 7 aromatic rings. The van der Waals surface area contributed by atoms with Gasteiger partial charge in [-0.1, -0.05) is 91.0 Å². The van der Waals surface area contributed by atoms with E-state index in [-0.39, 0.29) is 0 Å². The van der Waals surface area contributed by atoms with Gasteiger partial charge in [0.05, 0.1) is 24.3 Å². The van der Waals surface area contributed by atoms with Crippen molar-refractivity contribution in [3.63, 3.8) is 0 Å². The maximum absolute atomic E-state index is 6.16. The van der Waals surface area contributed by atoms with E-state index in [0.29, 0.717) is 6.61 Å². The van der Waals surface area contributed by atoms with E-state index >= 15 is 0 Å². The lowest BCUT2D eigenvalue weighted by Gasteiger charge is -2.20. The maximum atomic E-state index is 6.16. The molecule has 0 aliphatic heterocycles. The lowest BCUT2D eigenvalue weighted by molar-refractivity contribution is 0.326. The average Bonchev–Trinajstić information content (AvgIpc) is 3.74. The summed E-state index contributed by atoms with van der Waals surface area (Å²) in [5, 5.41) is 0. The number of imidazole rings is 1. The van der Waals surface area contributed by atoms with Gasteiger partial charge in [-0.25, -0.2) is 4.98 Å². The van der Waals surface area contributed by atoms with Crippen molar-refractivity contribution in [3.05, 3.63) is 158 Å². The van der Waals surface area contributed by atoms with Gasteiger partial charge in [-0.3, -0.25) is 4.57 Å². The molecule has 0 fully saturated rings. The number of anilines is 1. The van der Waals surface area contributed by atoms with Crippen LogP contribution in [0.4, 0.5) is 5.69 Å². The van der Waals surface area contributed by atoms with E-state index in [0.717, 1.165) is 40.6 Å². The van der Waals surface area contributed by atoms with Crippen LogP contribution in [0.15, 0.2) is 152 Å². The van der Waals surface area contributed by atoms with Gasteiger partial charge in [-0.05, 0) is 78.2 Å². The Balaban J connectivity index is 1.02. The topological polar surface area (TPSA) is 30.3 Å². The van der Waals surface area contributed by atoms with Gasteiger partial charge in [0.1, 0.15) is 12.4 Å². The third kappa shape index (κ3) is 6.23. The Hall–Kier alpha value is -5.39. The monoisotopic (exact) mass is 617 g/mol. The number of likely N-dealkylation sites (N-methyl/N-ethyl adjacent to an activating group) is 1. The van der Waals surface area contributed by atoms with Gasteiger partial charge in [0.15, 0.2) is 0 Å². The van der Waals surface area contributed by atoms with Gasteiger partial charge in [-0.2, -0.15) is 0 Å². The van der Waals surface area contributed by atoms with Gasteiger partial charge in [0.2, 0.25) is 0 Å². The molecule has 46 heavy (non-hydrogen) atoms. The Bertz CT molecular complexity index is 2010. The highest BCUT2D eigenvalue weighted by Gasteiger charge is 2.15. The number of para-hydroxylation sites is 1. The zero-order valence-electron chi connectivity index (χ0n) is 26.0. The number of thiophene rings is 1. The van der Waals surface area contributed by atoms with Gasteiger partial charge < -0.3 is 9.64 Å². The summed E-state index contributed by atoms with van der Waals surface area (Å²) in [6, 6.07) is 51.1. The molecule has 0 unspecified atom stereocenters. The molecule has 0 saturated carbocycles. The smallest absolute Gasteiger partial charge is 0.119 e. The highest BCUT2D eigenvalue weighted by Crippen LogP contribution is 2.43. The van der Waals surface area contributed by atoms with Gasteiger partial charge in [0.25, 0.3) is 0 Å². The number of hydrogen-bond donors (Lipinski definition) is 0. The van der Waals surface area contributed by atoms with Crippen LogP contribution in [0.25, 0.3) is 49.0 Å². The molecule has 5 heteroatoms. The van der Waals surface area contributed by atoms with Crippen LogP contribution in [0.2, 0.25) is 0 Å². The predicted molar refractivity (Wildman–Crippen MR) is 193 cm³/mol. The van der Waals surface area contributed by atoms with Crippen molar-refractivity contribution in [1.82, 2.24) is 9.55 Å². The van der Waals surface area contributed by atoms with E-state index in [2.05, 4.69) is 137 Å². The predicted octanol–water partition coefficient (Wildman–Crippen LogP) is 10.4. The molecule has 0 saturated heterocycles. The molecule has 4 nitrogen and oxygen atoms in total. The molecule has 7 rings (SSSR count). The second-order valence-corrected chi connectivity index (χ2v) is 12.4. The van der Waals surface area contributed by atoms with E-state index < -0.39 is 0 Å². The Labute approximate surface area is 274 Å². The second-order valence-electron chi connectivity index (χ2n) is 11.3. The molecule has 2 heterocycles. The number of hydrogen-bond acceptors (Lipinski definition) is 4. The molecule has 2 aromatic heterocycles. The van der Waals surface area contributed by atoms with Crippen molar-refractivity contribution < 1.29 is 4.74 Å². The Morgan fingerprint density at radius 3 is 1.96 bits per heavy atom. The van der Waals surface area contributed by atoms with Crippen LogP contribution in [0.5, 0.6) is 5.75 Å². The van der Waals surface area contributed by atoms with Crippen molar-refractivity contribution in [2.75, 3.05) is 25.1 Å². The Morgan fingerprint density at radius 1 is 0.674 bits per heavy atom. The van der Waals surface area contributed by atoms with E-state index in [9.17, 15) is 0 Å². The standard InChI is InChI=1S/C41H35N3OS/c1-30-40(44(29-42-30)36-16-10-5-11-17-36)33-20-24-37(25-21-33)45-27-26-43(2)35-22-18-31(19-23-35)38-28-39(32-12-6-3-7-13-32)46-41(38)34-14-8-4-9-15-34/h3-25,28-29H,26-27H2,1-2H3. The van der Waals surface area contributed by atoms with Crippen LogP contribution in [-0.2, 0) is 0 Å². The molecular formula is C41H35N3OS. The van der Waals surface area contributed by atoms with Crippen molar-refractivity contribution in [2.24, 2.45) is 0 Å². The summed E-state index contributed by atoms with van der Waals surface area (Å²) in [5.41, 5.74) is 10.4. The number of ether oxygens (including phenoxy) is 1. The first-order valence-corrected chi connectivity index (χ1v) is 16.3. The zero-order chi connectivity index (χ0) is 31.3. The van der Waals surface area contributed by atoms with Crippen molar-refractivity contribution in [1.29, 1.82) is 0 Å². The normalized spacial score (nSPS) is 11.0. The number of aromatic nitrogens is 2. The van der Waals surface area contributed by atoms with Gasteiger partial charge in [0, 0.05) is 39.3 Å². The molecule has 0 aliphatic carbocycles. The van der Waals surface area contributed by atoms with Crippen LogP contribution in [-0.4, -0.2) is 29.8 Å². The summed E-state index contributed by atoms with van der Waals surface area (Å²) in [7, 11) is 2.11. The lowest BCUT2D eigenvalue weighted by Crippen LogP contribution is -2.23. The summed E-state index contributed by atoms with van der Waals surface area (Å²) in [6.45, 7) is 3.40. The summed E-state index contributed by atoms with van der Waals surface area (Å²) in [6.07, 6.45) is 1.89.